The minimum atomic E-state index is -3.21. The van der Waals surface area contributed by atoms with E-state index in [4.69, 9.17) is 0 Å². The molecule has 0 saturated heterocycles. The van der Waals surface area contributed by atoms with Gasteiger partial charge in [0.2, 0.25) is 0 Å². The van der Waals surface area contributed by atoms with Gasteiger partial charge in [0.1, 0.15) is 5.82 Å². The van der Waals surface area contributed by atoms with Gasteiger partial charge in [-0.3, -0.25) is 0 Å². The van der Waals surface area contributed by atoms with Gasteiger partial charge in [-0.2, -0.15) is 0 Å². The van der Waals surface area contributed by atoms with Crippen molar-refractivity contribution in [2.75, 3.05) is 6.54 Å². The van der Waals surface area contributed by atoms with Crippen LogP contribution in [0.5, 0.6) is 0 Å². The van der Waals surface area contributed by atoms with Crippen LogP contribution in [-0.2, 0) is 9.84 Å². The monoisotopic (exact) mass is 300 g/mol. The van der Waals surface area contributed by atoms with Crippen molar-refractivity contribution in [3.63, 3.8) is 0 Å². The summed E-state index contributed by atoms with van der Waals surface area (Å²) >= 11 is 3.53. The molecule has 1 atom stereocenters. The molecule has 84 valence electrons. The van der Waals surface area contributed by atoms with Crippen molar-refractivity contribution >= 4 is 31.5 Å². The zero-order chi connectivity index (χ0) is 11.3. The second kappa shape index (κ2) is 3.30. The van der Waals surface area contributed by atoms with Gasteiger partial charge in [-0.1, -0.05) is 15.9 Å². The summed E-state index contributed by atoms with van der Waals surface area (Å²) in [5.41, 5.74) is 2.49. The first-order chi connectivity index (χ1) is 7.55. The minimum absolute atomic E-state index is 0.329. The Balaban J connectivity index is 2.11. The number of aliphatic imine (C=N–C) groups is 1. The molecule has 0 spiro atoms. The summed E-state index contributed by atoms with van der Waals surface area (Å²) in [5.74, 6) is 0.818. The molecule has 1 N–H and O–H groups in total. The van der Waals surface area contributed by atoms with Crippen LogP contribution in [0.1, 0.15) is 6.42 Å². The van der Waals surface area contributed by atoms with Crippen LogP contribution in [-0.4, -0.2) is 25.5 Å². The fourth-order valence-corrected chi connectivity index (χ4v) is 3.48. The molecule has 3 heterocycles. The number of alkyl halides is 1. The fraction of sp³-hybridized carbons (Fsp3) is 0.300. The summed E-state index contributed by atoms with van der Waals surface area (Å²) in [4.78, 5) is 4.71. The molecule has 3 rings (SSSR count). The van der Waals surface area contributed by atoms with Gasteiger partial charge in [-0.25, -0.2) is 13.4 Å². The molecule has 0 aromatic heterocycles. The number of hydrogen-bond acceptors (Lipinski definition) is 4. The molecular weight excluding hydrogens is 292 g/mol. The Hall–Kier alpha value is -0.880. The average Bonchev–Trinajstić information content (AvgIpc) is 2.55. The maximum Gasteiger partial charge on any atom is 0.193 e. The average molecular weight is 301 g/mol. The third-order valence-electron chi connectivity index (χ3n) is 2.73. The molecule has 0 saturated carbocycles. The highest BCUT2D eigenvalue weighted by molar-refractivity contribution is 9.09. The standard InChI is InChI=1S/C10H9BrN2O2S/c11-6-3-7-8-5-16(14,15)2-1-9(8)13-10(7)12-4-6/h1-2,5-6,12H,3-4H2. The van der Waals surface area contributed by atoms with Gasteiger partial charge in [-0.05, 0) is 12.5 Å². The predicted octanol–water partition coefficient (Wildman–Crippen LogP) is 1.24. The number of nitrogens with zero attached hydrogens (tertiary/aromatic N) is 1. The Morgan fingerprint density at radius 2 is 2.31 bits per heavy atom. The Bertz CT molecular complexity index is 584. The maximum atomic E-state index is 11.5. The van der Waals surface area contributed by atoms with Crippen molar-refractivity contribution in [3.05, 3.63) is 33.9 Å². The molecule has 0 aliphatic carbocycles. The highest BCUT2D eigenvalue weighted by atomic mass is 79.9. The number of nitrogens with one attached hydrogen (secondary N) is 1. The second-order valence-corrected chi connectivity index (χ2v) is 6.91. The van der Waals surface area contributed by atoms with Crippen LogP contribution in [0.4, 0.5) is 0 Å². The highest BCUT2D eigenvalue weighted by Crippen LogP contribution is 2.35. The molecular formula is C10H9BrN2O2S. The van der Waals surface area contributed by atoms with E-state index in [9.17, 15) is 8.42 Å². The number of hydrogen-bond donors (Lipinski definition) is 1. The molecule has 6 heteroatoms. The van der Waals surface area contributed by atoms with E-state index in [-0.39, 0.29) is 0 Å². The first kappa shape index (κ1) is 10.3. The van der Waals surface area contributed by atoms with Crippen LogP contribution in [0, 0.1) is 0 Å². The fourth-order valence-electron chi connectivity index (χ4n) is 2.01. The SMILES string of the molecule is O=S1(=O)C=CC2=NC3=C(CC(Br)CN3)C2=C1. The molecule has 3 aliphatic heterocycles. The Kier molecular flexibility index (Phi) is 2.12. The Morgan fingerprint density at radius 3 is 3.12 bits per heavy atom. The van der Waals surface area contributed by atoms with Gasteiger partial charge in [0.15, 0.2) is 9.84 Å². The van der Waals surface area contributed by atoms with Crippen molar-refractivity contribution in [1.82, 2.24) is 5.32 Å². The van der Waals surface area contributed by atoms with Crippen molar-refractivity contribution < 1.29 is 8.42 Å². The van der Waals surface area contributed by atoms with E-state index < -0.39 is 9.84 Å². The summed E-state index contributed by atoms with van der Waals surface area (Å²) in [6, 6.07) is 0. The molecule has 16 heavy (non-hydrogen) atoms. The molecule has 0 amide bonds. The summed E-state index contributed by atoms with van der Waals surface area (Å²) in [6.07, 6.45) is 2.37. The molecule has 1 unspecified atom stereocenters. The topological polar surface area (TPSA) is 58.5 Å². The van der Waals surface area contributed by atoms with Gasteiger partial charge in [-0.15, -0.1) is 0 Å². The van der Waals surface area contributed by atoms with Crippen molar-refractivity contribution in [2.45, 2.75) is 11.2 Å². The number of rotatable bonds is 0. The number of fused-ring (bicyclic) bond motifs is 2. The Morgan fingerprint density at radius 1 is 1.50 bits per heavy atom. The third-order valence-corrected chi connectivity index (χ3v) is 4.46. The van der Waals surface area contributed by atoms with Gasteiger partial charge >= 0.3 is 0 Å². The van der Waals surface area contributed by atoms with Crippen LogP contribution in [0.25, 0.3) is 0 Å². The van der Waals surface area contributed by atoms with Gasteiger partial charge in [0, 0.05) is 33.3 Å². The smallest absolute Gasteiger partial charge is 0.193 e. The van der Waals surface area contributed by atoms with Crippen molar-refractivity contribution in [2.24, 2.45) is 4.99 Å². The quantitative estimate of drug-likeness (QED) is 0.685. The van der Waals surface area contributed by atoms with E-state index in [1.807, 2.05) is 0 Å². The second-order valence-electron chi connectivity index (χ2n) is 3.93. The van der Waals surface area contributed by atoms with E-state index in [1.165, 1.54) is 10.8 Å². The minimum Gasteiger partial charge on any atom is -0.369 e. The molecule has 0 fully saturated rings. The Labute approximate surface area is 102 Å². The molecule has 0 radical (unpaired) electrons. The van der Waals surface area contributed by atoms with Crippen molar-refractivity contribution in [1.29, 1.82) is 0 Å². The van der Waals surface area contributed by atoms with Crippen LogP contribution < -0.4 is 5.32 Å². The van der Waals surface area contributed by atoms with Gasteiger partial charge in [0.05, 0.1) is 5.71 Å². The summed E-state index contributed by atoms with van der Waals surface area (Å²) in [5, 5.41) is 5.69. The zero-order valence-electron chi connectivity index (χ0n) is 8.27. The van der Waals surface area contributed by atoms with Crippen LogP contribution >= 0.6 is 15.9 Å². The maximum absolute atomic E-state index is 11.5. The van der Waals surface area contributed by atoms with E-state index in [2.05, 4.69) is 26.2 Å². The molecule has 4 nitrogen and oxygen atoms in total. The van der Waals surface area contributed by atoms with Gasteiger partial charge < -0.3 is 5.32 Å². The number of allylic oxidation sites excluding steroid dienone is 3. The van der Waals surface area contributed by atoms with Gasteiger partial charge in [0.25, 0.3) is 0 Å². The molecule has 3 aliphatic rings. The first-order valence-electron chi connectivity index (χ1n) is 4.90. The van der Waals surface area contributed by atoms with Crippen LogP contribution in [0.15, 0.2) is 38.9 Å². The third kappa shape index (κ3) is 1.56. The molecule has 0 bridgehead atoms. The normalized spacial score (nSPS) is 30.2. The van der Waals surface area contributed by atoms with Crippen LogP contribution in [0.3, 0.4) is 0 Å². The zero-order valence-corrected chi connectivity index (χ0v) is 10.7. The first-order valence-corrected chi connectivity index (χ1v) is 7.43. The summed E-state index contributed by atoms with van der Waals surface area (Å²) < 4.78 is 23.0. The van der Waals surface area contributed by atoms with E-state index in [0.717, 1.165) is 35.6 Å². The van der Waals surface area contributed by atoms with Crippen LogP contribution in [0.2, 0.25) is 0 Å². The van der Waals surface area contributed by atoms with E-state index >= 15 is 0 Å². The molecule has 0 aromatic rings. The lowest BCUT2D eigenvalue weighted by atomic mass is 9.99. The summed E-state index contributed by atoms with van der Waals surface area (Å²) in [6.45, 7) is 0.819. The van der Waals surface area contributed by atoms with E-state index in [0.29, 0.717) is 4.83 Å². The lowest BCUT2D eigenvalue weighted by Gasteiger charge is -2.20. The summed E-state index contributed by atoms with van der Waals surface area (Å²) in [7, 11) is -3.21. The highest BCUT2D eigenvalue weighted by Gasteiger charge is 2.30. The van der Waals surface area contributed by atoms with Crippen molar-refractivity contribution in [3.8, 4) is 0 Å². The largest absolute Gasteiger partial charge is 0.369 e. The molecule has 0 aromatic carbocycles. The predicted molar refractivity (Wildman–Crippen MR) is 65.9 cm³/mol. The lowest BCUT2D eigenvalue weighted by molar-refractivity contribution is 0.612. The van der Waals surface area contributed by atoms with E-state index in [1.54, 1.807) is 6.08 Å². The lowest BCUT2D eigenvalue weighted by Crippen LogP contribution is -2.27. The number of halogens is 1. The number of sulfone groups is 1.